The van der Waals surface area contributed by atoms with Gasteiger partial charge in [-0.05, 0) is 24.1 Å². The van der Waals surface area contributed by atoms with Crippen molar-refractivity contribution in [2.45, 2.75) is 39.5 Å². The molecule has 0 rings (SSSR count). The fourth-order valence-corrected chi connectivity index (χ4v) is 1.85. The van der Waals surface area contributed by atoms with Gasteiger partial charge < -0.3 is 9.42 Å². The van der Waals surface area contributed by atoms with E-state index in [0.29, 0.717) is 6.61 Å². The Morgan fingerprint density at radius 2 is 1.93 bits per heavy atom. The Morgan fingerprint density at radius 1 is 1.36 bits per heavy atom. The molecule has 0 aliphatic heterocycles. The van der Waals surface area contributed by atoms with E-state index in [1.165, 1.54) is 12.8 Å². The molecule has 0 aliphatic carbocycles. The van der Waals surface area contributed by atoms with Crippen molar-refractivity contribution in [2.24, 2.45) is 5.92 Å². The van der Waals surface area contributed by atoms with Crippen LogP contribution in [0.1, 0.15) is 39.5 Å². The van der Waals surface area contributed by atoms with Crippen molar-refractivity contribution in [1.29, 1.82) is 0 Å². The molecule has 0 aromatic heterocycles. The molecule has 1 atom stereocenters. The molecule has 1 unspecified atom stereocenters. The van der Waals surface area contributed by atoms with Gasteiger partial charge in [-0.25, -0.2) is 0 Å². The third kappa shape index (κ3) is 16.0. The van der Waals surface area contributed by atoms with Crippen LogP contribution < -0.4 is 0 Å². The number of rotatable bonds is 7. The van der Waals surface area contributed by atoms with Crippen LogP contribution in [0.3, 0.4) is 0 Å². The summed E-state index contributed by atoms with van der Waals surface area (Å²) in [6.07, 6.45) is 4.59. The van der Waals surface area contributed by atoms with Gasteiger partial charge in [0, 0.05) is 19.5 Å². The molecular formula is C8H19O2PS2Zn. The molecule has 0 saturated heterocycles. The Labute approximate surface area is 110 Å². The quantitative estimate of drug-likeness (QED) is 0.327. The molecule has 14 heavy (non-hydrogen) atoms. The van der Waals surface area contributed by atoms with Crippen molar-refractivity contribution in [1.82, 2.24) is 0 Å². The Balaban J connectivity index is 0. The molecule has 0 bridgehead atoms. The van der Waals surface area contributed by atoms with E-state index in [-0.39, 0.29) is 19.5 Å². The topological polar surface area (TPSA) is 29.5 Å². The van der Waals surface area contributed by atoms with Crippen molar-refractivity contribution in [3.63, 3.8) is 0 Å². The van der Waals surface area contributed by atoms with Gasteiger partial charge >= 0.3 is 0 Å². The summed E-state index contributed by atoms with van der Waals surface area (Å²) in [5.74, 6) is 0.772. The molecule has 0 aliphatic rings. The minimum absolute atomic E-state index is 0. The number of hydrogen-bond donors (Lipinski definition) is 2. The summed E-state index contributed by atoms with van der Waals surface area (Å²) in [6.45, 7) is 4.98. The molecule has 0 spiro atoms. The van der Waals surface area contributed by atoms with Crippen LogP contribution in [0, 0.1) is 5.92 Å². The zero-order chi connectivity index (χ0) is 10.3. The Kier molecular flexibility index (Phi) is 12.5. The van der Waals surface area contributed by atoms with Crippen LogP contribution in [0.2, 0.25) is 0 Å². The van der Waals surface area contributed by atoms with E-state index in [0.717, 1.165) is 18.8 Å². The molecule has 0 radical (unpaired) electrons. The molecule has 0 aromatic rings. The van der Waals surface area contributed by atoms with Crippen LogP contribution in [0.4, 0.5) is 0 Å². The Bertz CT molecular complexity index is 173. The van der Waals surface area contributed by atoms with Gasteiger partial charge in [-0.15, -0.1) is 0 Å². The van der Waals surface area contributed by atoms with Gasteiger partial charge in [0.05, 0.1) is 6.61 Å². The van der Waals surface area contributed by atoms with Crippen LogP contribution in [-0.4, -0.2) is 11.5 Å². The summed E-state index contributed by atoms with van der Waals surface area (Å²) >= 11 is 8.38. The third-order valence-electron chi connectivity index (χ3n) is 1.69. The van der Waals surface area contributed by atoms with Crippen LogP contribution in [-0.2, 0) is 35.8 Å². The number of thiol groups is 1. The summed E-state index contributed by atoms with van der Waals surface area (Å²) in [5.41, 5.74) is -2.71. The average molecular weight is 308 g/mol. The van der Waals surface area contributed by atoms with Crippen LogP contribution in [0.5, 0.6) is 0 Å². The van der Waals surface area contributed by atoms with Crippen molar-refractivity contribution in [3.8, 4) is 0 Å². The minimum atomic E-state index is -2.71. The fourth-order valence-electron chi connectivity index (χ4n) is 1.01. The molecule has 0 heterocycles. The molecule has 0 saturated carbocycles. The van der Waals surface area contributed by atoms with Crippen LogP contribution in [0.25, 0.3) is 0 Å². The predicted molar refractivity (Wildman–Crippen MR) is 64.7 cm³/mol. The summed E-state index contributed by atoms with van der Waals surface area (Å²) in [5, 5.41) is 0. The predicted octanol–water partition coefficient (Wildman–Crippen LogP) is 3.36. The van der Waals surface area contributed by atoms with Gasteiger partial charge in [-0.3, -0.25) is 0 Å². The normalized spacial score (nSPS) is 14.9. The second-order valence-corrected chi connectivity index (χ2v) is 8.73. The van der Waals surface area contributed by atoms with E-state index < -0.39 is 5.69 Å². The standard InChI is InChI=1S/C8H19O2PS2.Zn/c1-8(2)6-4-3-5-7-10-11(9,12)13;/h8H,3-7H2,1-2H3,(H2,9,12,13);. The second kappa shape index (κ2) is 9.75. The monoisotopic (exact) mass is 306 g/mol. The van der Waals surface area contributed by atoms with Gasteiger partial charge in [0.25, 0.3) is 0 Å². The summed E-state index contributed by atoms with van der Waals surface area (Å²) < 4.78 is 4.98. The van der Waals surface area contributed by atoms with Crippen molar-refractivity contribution < 1.29 is 28.9 Å². The van der Waals surface area contributed by atoms with E-state index in [4.69, 9.17) is 9.42 Å². The van der Waals surface area contributed by atoms with Crippen molar-refractivity contribution in [3.05, 3.63) is 0 Å². The summed E-state index contributed by atoms with van der Waals surface area (Å²) in [6, 6.07) is 0. The van der Waals surface area contributed by atoms with E-state index in [9.17, 15) is 0 Å². The molecule has 2 nitrogen and oxygen atoms in total. The SMILES string of the molecule is CC(C)CCCCCOP(O)(=S)S.[Zn]. The van der Waals surface area contributed by atoms with E-state index in [1.54, 1.807) is 0 Å². The zero-order valence-electron chi connectivity index (χ0n) is 8.98. The maximum absolute atomic E-state index is 9.03. The van der Waals surface area contributed by atoms with Crippen LogP contribution >= 0.6 is 17.9 Å². The maximum atomic E-state index is 9.03. The molecule has 0 aromatic carbocycles. The summed E-state index contributed by atoms with van der Waals surface area (Å²) in [7, 11) is 0. The van der Waals surface area contributed by atoms with Crippen molar-refractivity contribution >= 4 is 29.7 Å². The van der Waals surface area contributed by atoms with Gasteiger partial charge in [0.15, 0.2) is 0 Å². The smallest absolute Gasteiger partial charge is 0.241 e. The van der Waals surface area contributed by atoms with E-state index in [1.807, 2.05) is 0 Å². The first-order valence-electron chi connectivity index (χ1n) is 4.62. The second-order valence-electron chi connectivity index (χ2n) is 3.57. The average Bonchev–Trinajstić information content (AvgIpc) is 1.93. The molecular weight excluding hydrogens is 289 g/mol. The van der Waals surface area contributed by atoms with E-state index in [2.05, 4.69) is 37.9 Å². The molecule has 0 amide bonds. The zero-order valence-corrected chi connectivity index (χ0v) is 14.6. The number of unbranched alkanes of at least 4 members (excludes halogenated alkanes) is 2. The van der Waals surface area contributed by atoms with Crippen molar-refractivity contribution in [2.75, 3.05) is 6.61 Å². The van der Waals surface area contributed by atoms with Gasteiger partial charge in [-0.2, -0.15) is 0 Å². The fraction of sp³-hybridized carbons (Fsp3) is 1.00. The van der Waals surface area contributed by atoms with Crippen LogP contribution in [0.15, 0.2) is 0 Å². The van der Waals surface area contributed by atoms with Gasteiger partial charge in [0.1, 0.15) is 0 Å². The van der Waals surface area contributed by atoms with E-state index >= 15 is 0 Å². The molecule has 82 valence electrons. The van der Waals surface area contributed by atoms with Gasteiger partial charge in [0.2, 0.25) is 5.69 Å². The Hall–Kier alpha value is 1.54. The Morgan fingerprint density at radius 3 is 2.36 bits per heavy atom. The molecule has 1 N–H and O–H groups in total. The first kappa shape index (κ1) is 17.9. The van der Waals surface area contributed by atoms with Gasteiger partial charge in [-0.1, -0.05) is 45.4 Å². The first-order valence-corrected chi connectivity index (χ1v) is 8.44. The third-order valence-corrected chi connectivity index (χ3v) is 2.87. The molecule has 0 fully saturated rings. The maximum Gasteiger partial charge on any atom is 0.241 e. The first-order chi connectivity index (χ1) is 5.92. The molecule has 6 heteroatoms. The largest absolute Gasteiger partial charge is 0.338 e. The summed E-state index contributed by atoms with van der Waals surface area (Å²) in [4.78, 5) is 9.03. The minimum Gasteiger partial charge on any atom is -0.338 e. The number of hydrogen-bond acceptors (Lipinski definition) is 2.